The van der Waals surface area contributed by atoms with Crippen LogP contribution in [0, 0.1) is 0 Å². The van der Waals surface area contributed by atoms with E-state index < -0.39 is 0 Å². The quantitative estimate of drug-likeness (QED) is 0.722. The first kappa shape index (κ1) is 12.7. The van der Waals surface area contributed by atoms with Crippen LogP contribution in [0.2, 0.25) is 0 Å². The van der Waals surface area contributed by atoms with Crippen LogP contribution in [-0.2, 0) is 7.05 Å². The SMILES string of the molecule is CC.COc1nn(C(C)C)c(=O)n1C. The van der Waals surface area contributed by atoms with Gasteiger partial charge in [0.25, 0.3) is 0 Å². The van der Waals surface area contributed by atoms with Gasteiger partial charge in [0.2, 0.25) is 0 Å². The highest BCUT2D eigenvalue weighted by molar-refractivity contribution is 4.92. The van der Waals surface area contributed by atoms with Crippen LogP contribution >= 0.6 is 0 Å². The molecule has 14 heavy (non-hydrogen) atoms. The summed E-state index contributed by atoms with van der Waals surface area (Å²) in [5.74, 6) is 0. The zero-order valence-corrected chi connectivity index (χ0v) is 9.74. The first-order valence-electron chi connectivity index (χ1n) is 4.77. The standard InChI is InChI=1S/C7H13N3O2.C2H6/c1-5(2)10-7(11)9(3)6(8-10)12-4;1-2/h5H,1-4H3;1-2H3. The van der Waals surface area contributed by atoms with E-state index in [0.717, 1.165) is 0 Å². The van der Waals surface area contributed by atoms with E-state index in [9.17, 15) is 4.79 Å². The fourth-order valence-corrected chi connectivity index (χ4v) is 0.952. The molecule has 0 spiro atoms. The fourth-order valence-electron chi connectivity index (χ4n) is 0.952. The molecule has 0 saturated carbocycles. The molecule has 0 unspecified atom stereocenters. The van der Waals surface area contributed by atoms with Crippen LogP contribution < -0.4 is 10.4 Å². The van der Waals surface area contributed by atoms with Crippen LogP contribution in [0.5, 0.6) is 6.01 Å². The number of nitrogens with zero attached hydrogens (tertiary/aromatic N) is 3. The Morgan fingerprint density at radius 2 is 1.86 bits per heavy atom. The van der Waals surface area contributed by atoms with Gasteiger partial charge in [-0.05, 0) is 13.8 Å². The molecule has 1 rings (SSSR count). The van der Waals surface area contributed by atoms with Gasteiger partial charge < -0.3 is 4.74 Å². The summed E-state index contributed by atoms with van der Waals surface area (Å²) in [4.78, 5) is 11.4. The van der Waals surface area contributed by atoms with E-state index in [-0.39, 0.29) is 11.7 Å². The molecule has 0 aliphatic heterocycles. The lowest BCUT2D eigenvalue weighted by atomic mass is 10.4. The van der Waals surface area contributed by atoms with E-state index in [0.29, 0.717) is 6.01 Å². The molecule has 0 atom stereocenters. The third-order valence-corrected chi connectivity index (χ3v) is 1.63. The highest BCUT2D eigenvalue weighted by Crippen LogP contribution is 2.03. The van der Waals surface area contributed by atoms with Gasteiger partial charge in [0, 0.05) is 7.05 Å². The third kappa shape index (κ3) is 2.37. The van der Waals surface area contributed by atoms with Crippen LogP contribution in [0.1, 0.15) is 33.7 Å². The Hall–Kier alpha value is -1.26. The first-order valence-corrected chi connectivity index (χ1v) is 4.77. The van der Waals surface area contributed by atoms with Crippen molar-refractivity contribution >= 4 is 0 Å². The van der Waals surface area contributed by atoms with Crippen molar-refractivity contribution in [1.29, 1.82) is 0 Å². The molecule has 1 heterocycles. The molecule has 0 amide bonds. The van der Waals surface area contributed by atoms with Crippen LogP contribution in [0.15, 0.2) is 4.79 Å². The number of hydrogen-bond donors (Lipinski definition) is 0. The lowest BCUT2D eigenvalue weighted by Gasteiger charge is -1.99. The van der Waals surface area contributed by atoms with Crippen LogP contribution in [0.3, 0.4) is 0 Å². The van der Waals surface area contributed by atoms with Crippen molar-refractivity contribution in [3.05, 3.63) is 10.5 Å². The summed E-state index contributed by atoms with van der Waals surface area (Å²) in [6, 6.07) is 0.404. The smallest absolute Gasteiger partial charge is 0.348 e. The van der Waals surface area contributed by atoms with Crippen molar-refractivity contribution in [3.8, 4) is 6.01 Å². The molecule has 0 saturated heterocycles. The molecule has 0 radical (unpaired) electrons. The Morgan fingerprint density at radius 3 is 2.07 bits per heavy atom. The summed E-state index contributed by atoms with van der Waals surface area (Å²) < 4.78 is 7.65. The van der Waals surface area contributed by atoms with E-state index in [1.54, 1.807) is 7.05 Å². The minimum absolute atomic E-state index is 0.0626. The second-order valence-electron chi connectivity index (χ2n) is 2.87. The molecule has 1 aromatic rings. The predicted octanol–water partition coefficient (Wildman–Crippen LogP) is 1.20. The maximum atomic E-state index is 11.4. The molecule has 0 aromatic carbocycles. The maximum Gasteiger partial charge on any atom is 0.348 e. The molecular weight excluding hydrogens is 182 g/mol. The van der Waals surface area contributed by atoms with Crippen molar-refractivity contribution in [3.63, 3.8) is 0 Å². The molecule has 0 N–H and O–H groups in total. The summed E-state index contributed by atoms with van der Waals surface area (Å²) in [5, 5.41) is 3.97. The number of methoxy groups -OCH3 is 1. The maximum absolute atomic E-state index is 11.4. The second-order valence-corrected chi connectivity index (χ2v) is 2.87. The molecule has 5 heteroatoms. The van der Waals surface area contributed by atoms with Crippen LogP contribution in [-0.4, -0.2) is 21.5 Å². The summed E-state index contributed by atoms with van der Waals surface area (Å²) in [7, 11) is 3.12. The Kier molecular flexibility index (Phi) is 4.97. The third-order valence-electron chi connectivity index (χ3n) is 1.63. The number of rotatable bonds is 2. The Morgan fingerprint density at radius 1 is 1.36 bits per heavy atom. The normalized spacial score (nSPS) is 9.64. The van der Waals surface area contributed by atoms with Crippen LogP contribution in [0.25, 0.3) is 0 Å². The van der Waals surface area contributed by atoms with Gasteiger partial charge >= 0.3 is 11.7 Å². The molecule has 1 aromatic heterocycles. The van der Waals surface area contributed by atoms with Gasteiger partial charge in [-0.25, -0.2) is 14.0 Å². The van der Waals surface area contributed by atoms with Crippen molar-refractivity contribution in [2.45, 2.75) is 33.7 Å². The van der Waals surface area contributed by atoms with E-state index in [4.69, 9.17) is 4.74 Å². The van der Waals surface area contributed by atoms with E-state index in [2.05, 4.69) is 5.10 Å². The van der Waals surface area contributed by atoms with E-state index in [1.807, 2.05) is 27.7 Å². The topological polar surface area (TPSA) is 49.1 Å². The zero-order valence-electron chi connectivity index (χ0n) is 9.74. The molecule has 0 aliphatic rings. The average molecular weight is 201 g/mol. The van der Waals surface area contributed by atoms with Gasteiger partial charge in [-0.3, -0.25) is 0 Å². The molecule has 82 valence electrons. The Balaban J connectivity index is 0.000000791. The fraction of sp³-hybridized carbons (Fsp3) is 0.778. The summed E-state index contributed by atoms with van der Waals surface area (Å²) >= 11 is 0. The molecule has 0 aliphatic carbocycles. The summed E-state index contributed by atoms with van der Waals surface area (Å²) in [5.41, 5.74) is -0.151. The number of hydrogen-bond acceptors (Lipinski definition) is 3. The van der Waals surface area contributed by atoms with E-state index in [1.165, 1.54) is 16.4 Å². The van der Waals surface area contributed by atoms with E-state index >= 15 is 0 Å². The Bertz CT molecular complexity index is 325. The summed E-state index contributed by atoms with van der Waals surface area (Å²) in [6.07, 6.45) is 0. The van der Waals surface area contributed by atoms with Gasteiger partial charge in [0.1, 0.15) is 0 Å². The Labute approximate surface area is 84.3 Å². The van der Waals surface area contributed by atoms with Crippen molar-refractivity contribution in [2.75, 3.05) is 7.11 Å². The molecular formula is C9H19N3O2. The minimum atomic E-state index is -0.151. The largest absolute Gasteiger partial charge is 0.467 e. The second kappa shape index (κ2) is 5.47. The first-order chi connectivity index (χ1) is 6.57. The van der Waals surface area contributed by atoms with Crippen LogP contribution in [0.4, 0.5) is 0 Å². The molecule has 0 fully saturated rings. The van der Waals surface area contributed by atoms with Gasteiger partial charge in [-0.1, -0.05) is 13.8 Å². The monoisotopic (exact) mass is 201 g/mol. The lowest BCUT2D eigenvalue weighted by molar-refractivity contribution is 0.358. The average Bonchev–Trinajstić information content (AvgIpc) is 2.47. The highest BCUT2D eigenvalue weighted by atomic mass is 16.5. The predicted molar refractivity (Wildman–Crippen MR) is 55.8 cm³/mol. The number of ether oxygens (including phenoxy) is 1. The summed E-state index contributed by atoms with van der Waals surface area (Å²) in [6.45, 7) is 7.79. The van der Waals surface area contributed by atoms with Gasteiger partial charge in [-0.2, -0.15) is 0 Å². The van der Waals surface area contributed by atoms with Crippen molar-refractivity contribution < 1.29 is 4.74 Å². The minimum Gasteiger partial charge on any atom is -0.467 e. The highest BCUT2D eigenvalue weighted by Gasteiger charge is 2.11. The van der Waals surface area contributed by atoms with Crippen molar-refractivity contribution in [2.24, 2.45) is 7.05 Å². The number of aromatic nitrogens is 3. The lowest BCUT2D eigenvalue weighted by Crippen LogP contribution is -2.24. The van der Waals surface area contributed by atoms with Gasteiger partial charge in [0.05, 0.1) is 13.2 Å². The zero-order chi connectivity index (χ0) is 11.3. The molecule has 5 nitrogen and oxygen atoms in total. The van der Waals surface area contributed by atoms with Crippen molar-refractivity contribution in [1.82, 2.24) is 14.3 Å². The van der Waals surface area contributed by atoms with Gasteiger partial charge in [-0.15, -0.1) is 5.10 Å². The van der Waals surface area contributed by atoms with Gasteiger partial charge in [0.15, 0.2) is 0 Å². The molecule has 0 bridgehead atoms.